The summed E-state index contributed by atoms with van der Waals surface area (Å²) in [7, 11) is 0. The molecule has 416 valence electrons. The predicted octanol–water partition coefficient (Wildman–Crippen LogP) is 20.7. The number of ether oxygens (including phenoxy) is 3. The van der Waals surface area contributed by atoms with Crippen LogP contribution in [0.5, 0.6) is 0 Å². The van der Waals surface area contributed by atoms with Crippen LogP contribution < -0.4 is 0 Å². The van der Waals surface area contributed by atoms with Crippen molar-refractivity contribution in [3.05, 3.63) is 109 Å². The summed E-state index contributed by atoms with van der Waals surface area (Å²) < 4.78 is 16.9. The molecule has 6 nitrogen and oxygen atoms in total. The minimum absolute atomic E-state index is 0.0906. The first-order valence-electron chi connectivity index (χ1n) is 30.4. The lowest BCUT2D eigenvalue weighted by molar-refractivity contribution is -0.167. The second-order valence-corrected chi connectivity index (χ2v) is 19.8. The lowest BCUT2D eigenvalue weighted by Crippen LogP contribution is -2.30. The zero-order valence-electron chi connectivity index (χ0n) is 47.6. The van der Waals surface area contributed by atoms with Gasteiger partial charge in [0.25, 0.3) is 0 Å². The van der Waals surface area contributed by atoms with Crippen LogP contribution in [0.3, 0.4) is 0 Å². The first-order chi connectivity index (χ1) is 36.0. The number of rotatable bonds is 54. The smallest absolute Gasteiger partial charge is 0.306 e. The van der Waals surface area contributed by atoms with Gasteiger partial charge in [0.05, 0.1) is 0 Å². The van der Waals surface area contributed by atoms with Gasteiger partial charge >= 0.3 is 17.9 Å². The van der Waals surface area contributed by atoms with Gasteiger partial charge in [-0.25, -0.2) is 0 Å². The van der Waals surface area contributed by atoms with E-state index in [1.54, 1.807) is 0 Å². The van der Waals surface area contributed by atoms with Gasteiger partial charge in [0.15, 0.2) is 6.10 Å². The summed E-state index contributed by atoms with van der Waals surface area (Å²) in [5, 5.41) is 0. The second-order valence-electron chi connectivity index (χ2n) is 19.8. The SMILES string of the molecule is CC/C=C\C/C=C\C/C=C\C/C=C\CCCCCCCCC(=O)OCC(COC(=O)CCCCCCCCC/C=C\C/C=C\C/C=C\CC)OC(=O)CCCCCCCCCCC/C=C\C/C=C\CCCCC. The molecule has 0 heterocycles. The van der Waals surface area contributed by atoms with Crippen LogP contribution in [-0.4, -0.2) is 37.2 Å². The van der Waals surface area contributed by atoms with Gasteiger partial charge in [0.1, 0.15) is 13.2 Å². The molecule has 0 saturated carbocycles. The summed E-state index contributed by atoms with van der Waals surface area (Å²) in [5.74, 6) is -0.913. The minimum atomic E-state index is -0.794. The number of allylic oxidation sites excluding steroid dienone is 18. The quantitative estimate of drug-likeness (QED) is 0.0261. The van der Waals surface area contributed by atoms with Crippen molar-refractivity contribution in [3.63, 3.8) is 0 Å². The normalized spacial score (nSPS) is 12.9. The van der Waals surface area contributed by atoms with Crippen LogP contribution in [0.4, 0.5) is 0 Å². The van der Waals surface area contributed by atoms with E-state index in [9.17, 15) is 14.4 Å². The zero-order chi connectivity index (χ0) is 52.9. The first-order valence-corrected chi connectivity index (χ1v) is 30.4. The van der Waals surface area contributed by atoms with E-state index in [1.165, 1.54) is 109 Å². The highest BCUT2D eigenvalue weighted by Gasteiger charge is 2.19. The Labute approximate surface area is 450 Å². The molecule has 0 aliphatic rings. The zero-order valence-corrected chi connectivity index (χ0v) is 47.6. The Bertz CT molecular complexity index is 1490. The van der Waals surface area contributed by atoms with Crippen LogP contribution in [-0.2, 0) is 28.6 Å². The fraction of sp³-hybridized carbons (Fsp3) is 0.687. The van der Waals surface area contributed by atoms with Crippen molar-refractivity contribution in [2.24, 2.45) is 0 Å². The molecule has 0 aromatic carbocycles. The largest absolute Gasteiger partial charge is 0.462 e. The van der Waals surface area contributed by atoms with E-state index < -0.39 is 6.10 Å². The second kappa shape index (κ2) is 60.6. The Morgan fingerprint density at radius 2 is 0.534 bits per heavy atom. The fourth-order valence-corrected chi connectivity index (χ4v) is 8.24. The van der Waals surface area contributed by atoms with Crippen LogP contribution in [0.1, 0.15) is 278 Å². The summed E-state index contributed by atoms with van der Waals surface area (Å²) in [6.07, 6.45) is 82.2. The van der Waals surface area contributed by atoms with Crippen molar-refractivity contribution in [3.8, 4) is 0 Å². The Kier molecular flexibility index (Phi) is 57.4. The number of carbonyl (C=O) groups excluding carboxylic acids is 3. The molecule has 0 aromatic heterocycles. The van der Waals surface area contributed by atoms with Crippen molar-refractivity contribution in [1.29, 1.82) is 0 Å². The molecule has 1 unspecified atom stereocenters. The highest BCUT2D eigenvalue weighted by Crippen LogP contribution is 2.15. The molecule has 1 atom stereocenters. The molecular formula is C67H112O6. The number of unbranched alkanes of at least 4 members (excludes halogenated alkanes) is 25. The van der Waals surface area contributed by atoms with E-state index in [0.29, 0.717) is 19.3 Å². The average molecular weight is 1010 g/mol. The van der Waals surface area contributed by atoms with Crippen molar-refractivity contribution in [2.75, 3.05) is 13.2 Å². The van der Waals surface area contributed by atoms with Gasteiger partial charge in [-0.15, -0.1) is 0 Å². The number of esters is 3. The molecule has 0 aliphatic heterocycles. The van der Waals surface area contributed by atoms with E-state index in [4.69, 9.17) is 14.2 Å². The van der Waals surface area contributed by atoms with E-state index >= 15 is 0 Å². The van der Waals surface area contributed by atoms with Crippen LogP contribution in [0.2, 0.25) is 0 Å². The highest BCUT2D eigenvalue weighted by atomic mass is 16.6. The molecule has 0 rings (SSSR count). The van der Waals surface area contributed by atoms with Crippen LogP contribution in [0, 0.1) is 0 Å². The molecule has 73 heavy (non-hydrogen) atoms. The van der Waals surface area contributed by atoms with Gasteiger partial charge in [-0.2, -0.15) is 0 Å². The molecule has 0 spiro atoms. The lowest BCUT2D eigenvalue weighted by Gasteiger charge is -2.18. The van der Waals surface area contributed by atoms with Gasteiger partial charge in [0, 0.05) is 19.3 Å². The number of hydrogen-bond donors (Lipinski definition) is 0. The van der Waals surface area contributed by atoms with Crippen LogP contribution in [0.25, 0.3) is 0 Å². The van der Waals surface area contributed by atoms with E-state index in [-0.39, 0.29) is 31.1 Å². The van der Waals surface area contributed by atoms with Crippen LogP contribution >= 0.6 is 0 Å². The van der Waals surface area contributed by atoms with E-state index in [1.807, 2.05) is 0 Å². The summed E-state index contributed by atoms with van der Waals surface area (Å²) in [6.45, 7) is 6.38. The molecule has 0 saturated heterocycles. The lowest BCUT2D eigenvalue weighted by atomic mass is 10.1. The van der Waals surface area contributed by atoms with E-state index in [0.717, 1.165) is 128 Å². The highest BCUT2D eigenvalue weighted by molar-refractivity contribution is 5.71. The summed E-state index contributed by atoms with van der Waals surface area (Å²) in [5.41, 5.74) is 0. The maximum absolute atomic E-state index is 12.9. The van der Waals surface area contributed by atoms with Crippen LogP contribution in [0.15, 0.2) is 109 Å². The van der Waals surface area contributed by atoms with Crippen molar-refractivity contribution in [1.82, 2.24) is 0 Å². The third-order valence-electron chi connectivity index (χ3n) is 12.7. The fourth-order valence-electron chi connectivity index (χ4n) is 8.24. The molecule has 0 fully saturated rings. The molecule has 0 aromatic rings. The maximum atomic E-state index is 12.9. The molecule has 0 N–H and O–H groups in total. The van der Waals surface area contributed by atoms with Gasteiger partial charge < -0.3 is 14.2 Å². The third kappa shape index (κ3) is 58.8. The standard InChI is InChI=1S/C67H112O6/c1-4-7-10-13-16-19-22-25-28-31-33-36-39-42-45-48-51-54-57-60-66(69)72-63-64(62-71-65(68)59-56-53-50-47-44-41-38-35-30-27-24-21-18-15-12-9-6-3)73-67(70)61-58-55-52-49-46-43-40-37-34-32-29-26-23-20-17-14-11-8-5-2/h7,9-10,12,16-21,25-30,33,36,64H,4-6,8,11,13-15,22-24,31-32,34-35,37-63H2,1-3H3/b10-7-,12-9-,19-16-,20-17-,21-18-,28-25-,29-26-,30-27-,36-33-. The average Bonchev–Trinajstić information content (AvgIpc) is 3.39. The Hall–Kier alpha value is -3.93. The van der Waals surface area contributed by atoms with Gasteiger partial charge in [-0.05, 0) is 122 Å². The molecular weight excluding hydrogens is 901 g/mol. The van der Waals surface area contributed by atoms with Crippen molar-refractivity contribution >= 4 is 17.9 Å². The number of carbonyl (C=O) groups is 3. The van der Waals surface area contributed by atoms with Crippen molar-refractivity contribution in [2.45, 2.75) is 284 Å². The summed E-state index contributed by atoms with van der Waals surface area (Å²) >= 11 is 0. The Morgan fingerprint density at radius 3 is 0.836 bits per heavy atom. The van der Waals surface area contributed by atoms with Gasteiger partial charge in [0.2, 0.25) is 0 Å². The molecule has 0 aliphatic carbocycles. The monoisotopic (exact) mass is 1010 g/mol. The third-order valence-corrected chi connectivity index (χ3v) is 12.7. The molecule has 0 bridgehead atoms. The molecule has 0 radical (unpaired) electrons. The maximum Gasteiger partial charge on any atom is 0.306 e. The topological polar surface area (TPSA) is 78.9 Å². The van der Waals surface area contributed by atoms with E-state index in [2.05, 4.69) is 130 Å². The minimum Gasteiger partial charge on any atom is -0.462 e. The predicted molar refractivity (Wildman–Crippen MR) is 316 cm³/mol. The molecule has 0 amide bonds. The van der Waals surface area contributed by atoms with Gasteiger partial charge in [-0.3, -0.25) is 14.4 Å². The first kappa shape index (κ1) is 69.1. The number of hydrogen-bond acceptors (Lipinski definition) is 6. The van der Waals surface area contributed by atoms with Crippen molar-refractivity contribution < 1.29 is 28.6 Å². The summed E-state index contributed by atoms with van der Waals surface area (Å²) in [6, 6.07) is 0. The summed E-state index contributed by atoms with van der Waals surface area (Å²) in [4.78, 5) is 38.3. The molecule has 6 heteroatoms. The Morgan fingerprint density at radius 1 is 0.288 bits per heavy atom. The Balaban J connectivity index is 4.44. The van der Waals surface area contributed by atoms with Gasteiger partial charge in [-0.1, -0.05) is 246 Å².